The number of hydrogen-bond acceptors (Lipinski definition) is 6. The fraction of sp³-hybridized carbons (Fsp3) is 0.250. The van der Waals surface area contributed by atoms with Gasteiger partial charge >= 0.3 is 0 Å². The van der Waals surface area contributed by atoms with E-state index in [2.05, 4.69) is 29.4 Å². The normalized spacial score (nSPS) is 10.7. The third-order valence-corrected chi connectivity index (χ3v) is 5.00. The number of carbonyl (C=O) groups is 1. The molecule has 140 valence electrons. The standard InChI is InChI=1S/C20H21N3O3S/c1-12(2)13-5-7-14(8-6-13)18(24)21-20-23-22-19(27-20)15-9-10-16(25-3)17(11-15)26-4/h5-12H,1-4H3,(H,21,23,24). The van der Waals surface area contributed by atoms with E-state index in [9.17, 15) is 4.79 Å². The monoisotopic (exact) mass is 383 g/mol. The second-order valence-electron chi connectivity index (χ2n) is 6.21. The molecule has 0 saturated heterocycles. The van der Waals surface area contributed by atoms with Gasteiger partial charge in [-0.15, -0.1) is 10.2 Å². The molecule has 2 aromatic carbocycles. The number of aromatic nitrogens is 2. The molecule has 0 radical (unpaired) electrons. The predicted molar refractivity (Wildman–Crippen MR) is 107 cm³/mol. The van der Waals surface area contributed by atoms with E-state index in [-0.39, 0.29) is 5.91 Å². The second-order valence-corrected chi connectivity index (χ2v) is 7.19. The average Bonchev–Trinajstić information content (AvgIpc) is 3.15. The molecule has 0 bridgehead atoms. The third kappa shape index (κ3) is 4.25. The number of benzene rings is 2. The van der Waals surface area contributed by atoms with Crippen LogP contribution in [0, 0.1) is 0 Å². The van der Waals surface area contributed by atoms with Gasteiger partial charge in [-0.05, 0) is 41.8 Å². The summed E-state index contributed by atoms with van der Waals surface area (Å²) in [6.45, 7) is 4.23. The van der Waals surface area contributed by atoms with E-state index in [0.29, 0.717) is 33.1 Å². The Morgan fingerprint density at radius 1 is 1.00 bits per heavy atom. The zero-order valence-corrected chi connectivity index (χ0v) is 16.5. The zero-order chi connectivity index (χ0) is 19.4. The molecule has 0 atom stereocenters. The highest BCUT2D eigenvalue weighted by Gasteiger charge is 2.13. The predicted octanol–water partition coefficient (Wildman–Crippen LogP) is 4.60. The van der Waals surface area contributed by atoms with E-state index in [4.69, 9.17) is 9.47 Å². The van der Waals surface area contributed by atoms with Crippen LogP contribution >= 0.6 is 11.3 Å². The van der Waals surface area contributed by atoms with Crippen molar-refractivity contribution < 1.29 is 14.3 Å². The molecule has 0 aliphatic rings. The molecule has 0 aliphatic carbocycles. The summed E-state index contributed by atoms with van der Waals surface area (Å²) in [5.74, 6) is 1.47. The molecule has 1 amide bonds. The number of anilines is 1. The van der Waals surface area contributed by atoms with E-state index in [1.165, 1.54) is 16.9 Å². The summed E-state index contributed by atoms with van der Waals surface area (Å²) in [6, 6.07) is 13.1. The summed E-state index contributed by atoms with van der Waals surface area (Å²) >= 11 is 1.30. The van der Waals surface area contributed by atoms with Crippen LogP contribution in [0.3, 0.4) is 0 Å². The van der Waals surface area contributed by atoms with E-state index >= 15 is 0 Å². The number of methoxy groups -OCH3 is 2. The molecule has 3 aromatic rings. The van der Waals surface area contributed by atoms with Crippen molar-refractivity contribution in [3.63, 3.8) is 0 Å². The van der Waals surface area contributed by atoms with Crippen LogP contribution < -0.4 is 14.8 Å². The number of hydrogen-bond donors (Lipinski definition) is 1. The molecule has 1 aromatic heterocycles. The zero-order valence-electron chi connectivity index (χ0n) is 15.6. The molecule has 0 aliphatic heterocycles. The summed E-state index contributed by atoms with van der Waals surface area (Å²) in [4.78, 5) is 12.4. The Morgan fingerprint density at radius 3 is 2.33 bits per heavy atom. The van der Waals surface area contributed by atoms with E-state index in [1.807, 2.05) is 42.5 Å². The Hall–Kier alpha value is -2.93. The third-order valence-electron chi connectivity index (χ3n) is 4.12. The van der Waals surface area contributed by atoms with E-state index < -0.39 is 0 Å². The number of ether oxygens (including phenoxy) is 2. The van der Waals surface area contributed by atoms with Crippen molar-refractivity contribution in [3.05, 3.63) is 53.6 Å². The molecular formula is C20H21N3O3S. The Labute approximate surface area is 162 Å². The molecule has 0 fully saturated rings. The Bertz CT molecular complexity index is 936. The van der Waals surface area contributed by atoms with Gasteiger partial charge in [0.15, 0.2) is 11.5 Å². The van der Waals surface area contributed by atoms with Crippen molar-refractivity contribution in [2.45, 2.75) is 19.8 Å². The van der Waals surface area contributed by atoms with Crippen molar-refractivity contribution in [3.8, 4) is 22.1 Å². The maximum Gasteiger partial charge on any atom is 0.257 e. The van der Waals surface area contributed by atoms with Gasteiger partial charge in [0, 0.05) is 11.1 Å². The quantitative estimate of drug-likeness (QED) is 0.673. The van der Waals surface area contributed by atoms with Gasteiger partial charge in [-0.3, -0.25) is 10.1 Å². The van der Waals surface area contributed by atoms with E-state index in [1.54, 1.807) is 14.2 Å². The lowest BCUT2D eigenvalue weighted by molar-refractivity contribution is 0.102. The number of amides is 1. The number of carbonyl (C=O) groups excluding carboxylic acids is 1. The molecule has 0 unspecified atom stereocenters. The molecule has 0 saturated carbocycles. The fourth-order valence-electron chi connectivity index (χ4n) is 2.55. The first-order valence-corrected chi connectivity index (χ1v) is 9.30. The summed E-state index contributed by atoms with van der Waals surface area (Å²) in [7, 11) is 3.17. The van der Waals surface area contributed by atoms with Crippen molar-refractivity contribution in [2.75, 3.05) is 19.5 Å². The van der Waals surface area contributed by atoms with Crippen LogP contribution in [0.5, 0.6) is 11.5 Å². The summed E-state index contributed by atoms with van der Waals surface area (Å²) in [5.41, 5.74) is 2.62. The summed E-state index contributed by atoms with van der Waals surface area (Å²) in [6.07, 6.45) is 0. The van der Waals surface area contributed by atoms with Gasteiger partial charge in [-0.25, -0.2) is 0 Å². The highest BCUT2D eigenvalue weighted by Crippen LogP contribution is 2.34. The molecule has 7 heteroatoms. The largest absolute Gasteiger partial charge is 0.493 e. The second kappa shape index (κ2) is 8.18. The first kappa shape index (κ1) is 18.8. The Balaban J connectivity index is 1.75. The van der Waals surface area contributed by atoms with Crippen molar-refractivity contribution in [2.24, 2.45) is 0 Å². The highest BCUT2D eigenvalue weighted by molar-refractivity contribution is 7.18. The highest BCUT2D eigenvalue weighted by atomic mass is 32.1. The van der Waals surface area contributed by atoms with Crippen LogP contribution in [0.15, 0.2) is 42.5 Å². The molecule has 1 heterocycles. The number of nitrogens with zero attached hydrogens (tertiary/aromatic N) is 2. The average molecular weight is 383 g/mol. The van der Waals surface area contributed by atoms with E-state index in [0.717, 1.165) is 5.56 Å². The van der Waals surface area contributed by atoms with Gasteiger partial charge in [0.2, 0.25) is 5.13 Å². The van der Waals surface area contributed by atoms with Crippen LogP contribution in [0.2, 0.25) is 0 Å². The maximum atomic E-state index is 12.4. The lowest BCUT2D eigenvalue weighted by Gasteiger charge is -2.07. The van der Waals surface area contributed by atoms with Crippen LogP contribution in [-0.4, -0.2) is 30.3 Å². The minimum Gasteiger partial charge on any atom is -0.493 e. The maximum absolute atomic E-state index is 12.4. The smallest absolute Gasteiger partial charge is 0.257 e. The van der Waals surface area contributed by atoms with Crippen LogP contribution in [-0.2, 0) is 0 Å². The van der Waals surface area contributed by atoms with Crippen LogP contribution in [0.4, 0.5) is 5.13 Å². The van der Waals surface area contributed by atoms with Gasteiger partial charge in [-0.1, -0.05) is 37.3 Å². The first-order chi connectivity index (χ1) is 13.0. The minimum atomic E-state index is -0.208. The molecule has 6 nitrogen and oxygen atoms in total. The van der Waals surface area contributed by atoms with Gasteiger partial charge in [-0.2, -0.15) is 0 Å². The first-order valence-electron chi connectivity index (χ1n) is 8.49. The molecule has 0 spiro atoms. The molecule has 3 rings (SSSR count). The van der Waals surface area contributed by atoms with Crippen LogP contribution in [0.1, 0.15) is 35.7 Å². The van der Waals surface area contributed by atoms with Gasteiger partial charge < -0.3 is 9.47 Å². The Kier molecular flexibility index (Phi) is 5.71. The van der Waals surface area contributed by atoms with Crippen molar-refractivity contribution in [1.29, 1.82) is 0 Å². The fourth-order valence-corrected chi connectivity index (χ4v) is 3.28. The van der Waals surface area contributed by atoms with Gasteiger partial charge in [0.1, 0.15) is 5.01 Å². The molecule has 1 N–H and O–H groups in total. The topological polar surface area (TPSA) is 73.3 Å². The van der Waals surface area contributed by atoms with Crippen LogP contribution in [0.25, 0.3) is 10.6 Å². The molecular weight excluding hydrogens is 362 g/mol. The number of rotatable bonds is 6. The Morgan fingerprint density at radius 2 is 1.70 bits per heavy atom. The summed E-state index contributed by atoms with van der Waals surface area (Å²) < 4.78 is 10.6. The lowest BCUT2D eigenvalue weighted by atomic mass is 10.0. The van der Waals surface area contributed by atoms with Crippen molar-refractivity contribution >= 4 is 22.4 Å². The van der Waals surface area contributed by atoms with Crippen molar-refractivity contribution in [1.82, 2.24) is 10.2 Å². The van der Waals surface area contributed by atoms with Gasteiger partial charge in [0.05, 0.1) is 14.2 Å². The molecule has 27 heavy (non-hydrogen) atoms. The summed E-state index contributed by atoms with van der Waals surface area (Å²) in [5, 5.41) is 12.1. The SMILES string of the molecule is COc1ccc(-c2nnc(NC(=O)c3ccc(C(C)C)cc3)s2)cc1OC. The minimum absolute atomic E-state index is 0.208. The van der Waals surface area contributed by atoms with Gasteiger partial charge in [0.25, 0.3) is 5.91 Å². The lowest BCUT2D eigenvalue weighted by Crippen LogP contribution is -2.11. The number of nitrogens with one attached hydrogen (secondary N) is 1.